The lowest BCUT2D eigenvalue weighted by molar-refractivity contribution is -0.0215. The second kappa shape index (κ2) is 14.2. The highest BCUT2D eigenvalue weighted by atomic mass is 16.5. The first-order chi connectivity index (χ1) is 22.7. The Kier molecular flexibility index (Phi) is 10.3. The maximum absolute atomic E-state index is 13.4. The normalized spacial score (nSPS) is 16.4. The van der Waals surface area contributed by atoms with E-state index < -0.39 is 17.5 Å². The SMILES string of the molecule is CCOC(C)(C)c1nnc2ccc(O[C@@H]3CC[C@H](NC(=O)Nc4cc(C(C)(C)C)nc(C(=O)NCCN(C)C)n4)c4ccccc43)cn12. The largest absolute Gasteiger partial charge is 0.484 e. The van der Waals surface area contributed by atoms with Crippen LogP contribution in [0.3, 0.4) is 0 Å². The van der Waals surface area contributed by atoms with Crippen LogP contribution < -0.4 is 20.7 Å². The van der Waals surface area contributed by atoms with Crippen molar-refractivity contribution in [1.29, 1.82) is 0 Å². The Morgan fingerprint density at radius 1 is 1.00 bits per heavy atom. The van der Waals surface area contributed by atoms with Gasteiger partial charge in [0.1, 0.15) is 23.3 Å². The average Bonchev–Trinajstić information content (AvgIpc) is 3.46. The highest BCUT2D eigenvalue weighted by Crippen LogP contribution is 2.39. The van der Waals surface area contributed by atoms with Crippen LogP contribution in [-0.4, -0.2) is 75.2 Å². The van der Waals surface area contributed by atoms with Crippen molar-refractivity contribution in [3.63, 3.8) is 0 Å². The number of carbonyl (C=O) groups excluding carboxylic acids is 2. The van der Waals surface area contributed by atoms with E-state index in [4.69, 9.17) is 9.47 Å². The van der Waals surface area contributed by atoms with Crippen molar-refractivity contribution in [1.82, 2.24) is 40.1 Å². The van der Waals surface area contributed by atoms with Gasteiger partial charge in [-0.15, -0.1) is 10.2 Å². The molecular formula is C35H47N9O4. The van der Waals surface area contributed by atoms with Crippen LogP contribution in [-0.2, 0) is 15.8 Å². The highest BCUT2D eigenvalue weighted by Gasteiger charge is 2.31. The summed E-state index contributed by atoms with van der Waals surface area (Å²) in [4.78, 5) is 37.1. The fraction of sp³-hybridized carbons (Fsp3) is 0.486. The standard InChI is InChI=1S/C35H47N9O4/c1-9-47-35(5,6)32-42-41-29-17-14-22(21-44(29)32)48-26-16-15-25(23-12-10-11-13-24(23)26)37-33(46)40-28-20-27(34(2,3)4)38-30(39-28)31(45)36-18-19-43(7)8/h10-14,17,20-21,25-26H,9,15-16,18-19H2,1-8H3,(H,36,45)(H2,37,38,39,40,46)/t25-,26+/m0/s1. The van der Waals surface area contributed by atoms with Gasteiger partial charge >= 0.3 is 6.03 Å². The topological polar surface area (TPSA) is 148 Å². The van der Waals surface area contributed by atoms with Crippen LogP contribution in [0.1, 0.15) is 99.8 Å². The highest BCUT2D eigenvalue weighted by molar-refractivity contribution is 5.92. The van der Waals surface area contributed by atoms with Crippen LogP contribution in [0.5, 0.6) is 5.75 Å². The molecule has 256 valence electrons. The fourth-order valence-electron chi connectivity index (χ4n) is 5.74. The van der Waals surface area contributed by atoms with E-state index in [-0.39, 0.29) is 29.2 Å². The minimum absolute atomic E-state index is 0.0118. The number of benzene rings is 1. The quantitative estimate of drug-likeness (QED) is 0.199. The number of hydrogen-bond donors (Lipinski definition) is 3. The molecule has 3 aromatic heterocycles. The van der Waals surface area contributed by atoms with Gasteiger partial charge in [0, 0.05) is 31.2 Å². The van der Waals surface area contributed by atoms with E-state index in [0.29, 0.717) is 55.5 Å². The number of hydrogen-bond acceptors (Lipinski definition) is 9. The first-order valence-corrected chi connectivity index (χ1v) is 16.4. The first kappa shape index (κ1) is 34.7. The van der Waals surface area contributed by atoms with E-state index in [1.165, 1.54) is 0 Å². The third kappa shape index (κ3) is 8.08. The van der Waals surface area contributed by atoms with Crippen molar-refractivity contribution in [2.45, 2.75) is 77.5 Å². The van der Waals surface area contributed by atoms with Crippen LogP contribution in [0.15, 0.2) is 48.7 Å². The van der Waals surface area contributed by atoms with Gasteiger partial charge in [-0.3, -0.25) is 14.5 Å². The predicted molar refractivity (Wildman–Crippen MR) is 183 cm³/mol. The summed E-state index contributed by atoms with van der Waals surface area (Å²) < 4.78 is 14.4. The van der Waals surface area contributed by atoms with Crippen molar-refractivity contribution < 1.29 is 19.1 Å². The molecule has 0 unspecified atom stereocenters. The summed E-state index contributed by atoms with van der Waals surface area (Å²) in [6, 6.07) is 12.8. The molecule has 0 spiro atoms. The Hall–Kier alpha value is -4.62. The minimum atomic E-state index is -0.621. The molecule has 0 aliphatic heterocycles. The molecule has 3 amide bonds. The number of urea groups is 1. The molecule has 13 heteroatoms. The number of fused-ring (bicyclic) bond motifs is 2. The third-order valence-corrected chi connectivity index (χ3v) is 8.22. The number of carbonyl (C=O) groups is 2. The number of rotatable bonds is 11. The van der Waals surface area contributed by atoms with Gasteiger partial charge in [-0.2, -0.15) is 0 Å². The first-order valence-electron chi connectivity index (χ1n) is 16.4. The zero-order valence-corrected chi connectivity index (χ0v) is 29.1. The summed E-state index contributed by atoms with van der Waals surface area (Å²) in [6.07, 6.45) is 3.02. The molecule has 3 N–H and O–H groups in total. The van der Waals surface area contributed by atoms with Gasteiger partial charge in [0.05, 0.1) is 17.9 Å². The summed E-state index contributed by atoms with van der Waals surface area (Å²) >= 11 is 0. The second-order valence-electron chi connectivity index (χ2n) is 13.8. The lowest BCUT2D eigenvalue weighted by Crippen LogP contribution is -2.36. The smallest absolute Gasteiger partial charge is 0.320 e. The Bertz CT molecular complexity index is 1760. The van der Waals surface area contributed by atoms with E-state index >= 15 is 0 Å². The van der Waals surface area contributed by atoms with Gasteiger partial charge in [0.25, 0.3) is 5.91 Å². The molecule has 48 heavy (non-hydrogen) atoms. The molecule has 0 saturated carbocycles. The van der Waals surface area contributed by atoms with Crippen molar-refractivity contribution in [3.05, 3.63) is 77.1 Å². The number of nitrogens with zero attached hydrogens (tertiary/aromatic N) is 6. The summed E-state index contributed by atoms with van der Waals surface area (Å²) in [7, 11) is 3.86. The predicted octanol–water partition coefficient (Wildman–Crippen LogP) is 5.16. The van der Waals surface area contributed by atoms with Gasteiger partial charge in [-0.25, -0.2) is 14.8 Å². The molecule has 0 bridgehead atoms. The molecule has 13 nitrogen and oxygen atoms in total. The van der Waals surface area contributed by atoms with Crippen molar-refractivity contribution in [2.75, 3.05) is 39.1 Å². The van der Waals surface area contributed by atoms with Crippen LogP contribution in [0.2, 0.25) is 0 Å². The Balaban J connectivity index is 1.31. The third-order valence-electron chi connectivity index (χ3n) is 8.22. The molecule has 5 rings (SSSR count). The molecule has 1 aliphatic carbocycles. The minimum Gasteiger partial charge on any atom is -0.484 e. The van der Waals surface area contributed by atoms with Gasteiger partial charge < -0.3 is 25.0 Å². The fourth-order valence-corrected chi connectivity index (χ4v) is 5.74. The number of ether oxygens (including phenoxy) is 2. The summed E-state index contributed by atoms with van der Waals surface area (Å²) in [6.45, 7) is 13.6. The maximum Gasteiger partial charge on any atom is 0.320 e. The van der Waals surface area contributed by atoms with Gasteiger partial charge in [-0.1, -0.05) is 45.0 Å². The van der Waals surface area contributed by atoms with E-state index in [2.05, 4.69) is 36.1 Å². The number of aromatic nitrogens is 5. The molecule has 4 aromatic rings. The van der Waals surface area contributed by atoms with Crippen LogP contribution in [0.25, 0.3) is 5.65 Å². The second-order valence-corrected chi connectivity index (χ2v) is 13.8. The van der Waals surface area contributed by atoms with Crippen molar-refractivity contribution in [2.24, 2.45) is 0 Å². The molecule has 0 radical (unpaired) electrons. The summed E-state index contributed by atoms with van der Waals surface area (Å²) in [5.41, 5.74) is 2.34. The van der Waals surface area contributed by atoms with Crippen molar-refractivity contribution >= 4 is 23.4 Å². The molecule has 2 atom stereocenters. The number of anilines is 1. The van der Waals surface area contributed by atoms with Gasteiger partial charge in [0.15, 0.2) is 11.5 Å². The van der Waals surface area contributed by atoms with E-state index in [0.717, 1.165) is 11.1 Å². The molecule has 0 fully saturated rings. The summed E-state index contributed by atoms with van der Waals surface area (Å²) in [5.74, 6) is 1.25. The van der Waals surface area contributed by atoms with Crippen LogP contribution in [0, 0.1) is 0 Å². The number of nitrogens with one attached hydrogen (secondary N) is 3. The Morgan fingerprint density at radius 3 is 2.46 bits per heavy atom. The number of amides is 3. The molecule has 0 saturated heterocycles. The lowest BCUT2D eigenvalue weighted by Gasteiger charge is -2.32. The maximum atomic E-state index is 13.4. The van der Waals surface area contributed by atoms with Gasteiger partial charge in [0.2, 0.25) is 5.82 Å². The molecule has 3 heterocycles. The Morgan fingerprint density at radius 2 is 1.75 bits per heavy atom. The van der Waals surface area contributed by atoms with E-state index in [9.17, 15) is 9.59 Å². The van der Waals surface area contributed by atoms with E-state index in [1.807, 2.05) is 108 Å². The van der Waals surface area contributed by atoms with Crippen LogP contribution in [0.4, 0.5) is 10.6 Å². The number of pyridine rings is 1. The van der Waals surface area contributed by atoms with E-state index in [1.54, 1.807) is 6.07 Å². The number of likely N-dealkylation sites (N-methyl/N-ethyl adjacent to an activating group) is 1. The molecule has 1 aromatic carbocycles. The Labute approximate surface area is 281 Å². The monoisotopic (exact) mass is 657 g/mol. The zero-order chi connectivity index (χ0) is 34.6. The zero-order valence-electron chi connectivity index (χ0n) is 29.1. The summed E-state index contributed by atoms with van der Waals surface area (Å²) in [5, 5.41) is 17.5. The molecule has 1 aliphatic rings. The van der Waals surface area contributed by atoms with Crippen LogP contribution >= 0.6 is 0 Å². The van der Waals surface area contributed by atoms with Gasteiger partial charge in [-0.05, 0) is 71.0 Å². The van der Waals surface area contributed by atoms with Crippen molar-refractivity contribution in [3.8, 4) is 5.75 Å². The average molecular weight is 658 g/mol. The molecular weight excluding hydrogens is 610 g/mol. The lowest BCUT2D eigenvalue weighted by atomic mass is 9.85.